The lowest BCUT2D eigenvalue weighted by Gasteiger charge is -2.26. The number of allylic oxidation sites excluding steroid dienone is 1. The van der Waals surface area contributed by atoms with Crippen LogP contribution in [0.5, 0.6) is 11.5 Å². The van der Waals surface area contributed by atoms with Crippen molar-refractivity contribution in [1.82, 2.24) is 4.57 Å². The number of carbonyl (C=O) groups excluding carboxylic acids is 1. The van der Waals surface area contributed by atoms with E-state index in [4.69, 9.17) is 18.6 Å². The van der Waals surface area contributed by atoms with Gasteiger partial charge in [-0.2, -0.15) is 0 Å². The van der Waals surface area contributed by atoms with E-state index in [1.165, 1.54) is 23.0 Å². The molecule has 0 spiro atoms. The van der Waals surface area contributed by atoms with Crippen LogP contribution in [0.15, 0.2) is 62.1 Å². The van der Waals surface area contributed by atoms with Crippen LogP contribution >= 0.6 is 11.3 Å². The van der Waals surface area contributed by atoms with Gasteiger partial charge in [0.1, 0.15) is 11.8 Å². The van der Waals surface area contributed by atoms with Crippen molar-refractivity contribution in [3.05, 3.63) is 78.9 Å². The Morgan fingerprint density at radius 3 is 2.76 bits per heavy atom. The van der Waals surface area contributed by atoms with E-state index in [0.717, 1.165) is 6.42 Å². The Balaban J connectivity index is 2.02. The van der Waals surface area contributed by atoms with Gasteiger partial charge in [0.15, 0.2) is 16.3 Å². The lowest BCUT2D eigenvalue weighted by atomic mass is 9.94. The zero-order valence-corrected chi connectivity index (χ0v) is 19.6. The summed E-state index contributed by atoms with van der Waals surface area (Å²) in [5.74, 6) is 0.973. The van der Waals surface area contributed by atoms with Gasteiger partial charge in [-0.1, -0.05) is 30.4 Å². The Morgan fingerprint density at radius 2 is 2.09 bits per heavy atom. The third kappa shape index (κ3) is 4.11. The van der Waals surface area contributed by atoms with Crippen LogP contribution in [0.1, 0.15) is 37.6 Å². The molecule has 1 aliphatic heterocycles. The van der Waals surface area contributed by atoms with Gasteiger partial charge in [-0.25, -0.2) is 9.79 Å². The molecule has 0 saturated heterocycles. The quantitative estimate of drug-likeness (QED) is 0.495. The molecule has 0 amide bonds. The molecule has 172 valence electrons. The number of thiazole rings is 1. The Kier molecular flexibility index (Phi) is 6.50. The van der Waals surface area contributed by atoms with Gasteiger partial charge in [0.05, 0.1) is 42.9 Å². The molecule has 8 nitrogen and oxygen atoms in total. The smallest absolute Gasteiger partial charge is 0.338 e. The molecule has 1 aromatic carbocycles. The molecule has 1 atom stereocenters. The van der Waals surface area contributed by atoms with Crippen LogP contribution in [0, 0.1) is 0 Å². The maximum atomic E-state index is 13.6. The molecule has 9 heteroatoms. The number of ether oxygens (including phenoxy) is 3. The highest BCUT2D eigenvalue weighted by atomic mass is 32.1. The molecular weight excluding hydrogens is 444 g/mol. The Hall–Kier alpha value is -3.59. The van der Waals surface area contributed by atoms with Crippen molar-refractivity contribution in [2.24, 2.45) is 4.99 Å². The van der Waals surface area contributed by atoms with Crippen molar-refractivity contribution >= 4 is 23.4 Å². The fourth-order valence-electron chi connectivity index (χ4n) is 3.76. The summed E-state index contributed by atoms with van der Waals surface area (Å²) in [4.78, 5) is 31.5. The number of hydrogen-bond acceptors (Lipinski definition) is 8. The molecule has 0 bridgehead atoms. The van der Waals surface area contributed by atoms with Crippen LogP contribution in [-0.2, 0) is 9.53 Å². The summed E-state index contributed by atoms with van der Waals surface area (Å²) in [7, 11) is 2.86. The number of hydrogen-bond donors (Lipinski definition) is 0. The molecule has 1 aliphatic rings. The number of aromatic nitrogens is 1. The number of nitrogens with zero attached hydrogens (tertiary/aromatic N) is 2. The van der Waals surface area contributed by atoms with E-state index in [1.54, 1.807) is 50.6 Å². The maximum absolute atomic E-state index is 13.6. The number of carbonyl (C=O) groups is 1. The van der Waals surface area contributed by atoms with Crippen molar-refractivity contribution < 1.29 is 23.4 Å². The topological polar surface area (TPSA) is 92.3 Å². The first kappa shape index (κ1) is 22.6. The van der Waals surface area contributed by atoms with Crippen LogP contribution in [0.4, 0.5) is 0 Å². The first-order valence-electron chi connectivity index (χ1n) is 10.4. The molecule has 0 radical (unpaired) electrons. The summed E-state index contributed by atoms with van der Waals surface area (Å²) < 4.78 is 24.0. The van der Waals surface area contributed by atoms with Gasteiger partial charge in [0, 0.05) is 11.6 Å². The van der Waals surface area contributed by atoms with Crippen LogP contribution in [0.25, 0.3) is 6.08 Å². The highest BCUT2D eigenvalue weighted by molar-refractivity contribution is 7.07. The lowest BCUT2D eigenvalue weighted by Crippen LogP contribution is -2.40. The van der Waals surface area contributed by atoms with Crippen molar-refractivity contribution in [3.63, 3.8) is 0 Å². The van der Waals surface area contributed by atoms with Crippen molar-refractivity contribution in [2.45, 2.75) is 26.3 Å². The first-order valence-corrected chi connectivity index (χ1v) is 11.3. The maximum Gasteiger partial charge on any atom is 0.338 e. The summed E-state index contributed by atoms with van der Waals surface area (Å²) in [6, 6.07) is 8.12. The van der Waals surface area contributed by atoms with E-state index in [0.29, 0.717) is 44.5 Å². The summed E-state index contributed by atoms with van der Waals surface area (Å²) in [6.45, 7) is 4.18. The van der Waals surface area contributed by atoms with E-state index in [1.807, 2.05) is 13.0 Å². The lowest BCUT2D eigenvalue weighted by molar-refractivity contribution is -0.136. The minimum absolute atomic E-state index is 0.268. The highest BCUT2D eigenvalue weighted by Gasteiger charge is 2.35. The van der Waals surface area contributed by atoms with Crippen molar-refractivity contribution in [2.75, 3.05) is 20.8 Å². The zero-order chi connectivity index (χ0) is 23.5. The standard InChI is InChI=1S/C24H24N2O6S/c1-5-11-32-21-16(9-6-10-17(21)29-3)20-19(23(28)30-4)14(2)25-24-26(20)22(27)18(33-24)13-15-8-7-12-31-15/h6-10,12-13,20H,5,11H2,1-4H3/b18-13-. The Bertz CT molecular complexity index is 1380. The third-order valence-corrected chi connectivity index (χ3v) is 6.20. The fourth-order valence-corrected chi connectivity index (χ4v) is 4.78. The predicted octanol–water partition coefficient (Wildman–Crippen LogP) is 2.80. The molecular formula is C24H24N2O6S. The monoisotopic (exact) mass is 468 g/mol. The fraction of sp³-hybridized carbons (Fsp3) is 0.292. The SMILES string of the molecule is CCCOc1c(OC)cccc1C1C(C(=O)OC)=C(C)N=c2s/c(=C\c3ccco3)c(=O)n21. The minimum atomic E-state index is -0.797. The highest BCUT2D eigenvalue weighted by Crippen LogP contribution is 2.40. The molecule has 4 rings (SSSR count). The second kappa shape index (κ2) is 9.50. The normalized spacial score (nSPS) is 15.8. The Morgan fingerprint density at radius 1 is 1.27 bits per heavy atom. The summed E-state index contributed by atoms with van der Waals surface area (Å²) in [5.41, 5.74) is 1.06. The average Bonchev–Trinajstić information content (AvgIpc) is 3.44. The molecule has 3 aromatic rings. The van der Waals surface area contributed by atoms with Crippen molar-refractivity contribution in [1.29, 1.82) is 0 Å². The van der Waals surface area contributed by atoms with Gasteiger partial charge in [0.2, 0.25) is 0 Å². The molecule has 0 fully saturated rings. The van der Waals surface area contributed by atoms with Gasteiger partial charge in [-0.15, -0.1) is 0 Å². The average molecular weight is 469 g/mol. The van der Waals surface area contributed by atoms with E-state index < -0.39 is 12.0 Å². The number of fused-ring (bicyclic) bond motifs is 1. The van der Waals surface area contributed by atoms with Gasteiger partial charge in [-0.3, -0.25) is 9.36 Å². The number of rotatable bonds is 7. The zero-order valence-electron chi connectivity index (χ0n) is 18.8. The van der Waals surface area contributed by atoms with E-state index in [2.05, 4.69) is 4.99 Å². The van der Waals surface area contributed by atoms with E-state index in [-0.39, 0.29) is 11.1 Å². The third-order valence-electron chi connectivity index (χ3n) is 5.22. The van der Waals surface area contributed by atoms with Crippen LogP contribution in [-0.4, -0.2) is 31.4 Å². The van der Waals surface area contributed by atoms with E-state index in [9.17, 15) is 9.59 Å². The van der Waals surface area contributed by atoms with Gasteiger partial charge >= 0.3 is 5.97 Å². The number of esters is 1. The molecule has 33 heavy (non-hydrogen) atoms. The molecule has 3 heterocycles. The first-order chi connectivity index (χ1) is 16.0. The number of methoxy groups -OCH3 is 2. The van der Waals surface area contributed by atoms with Crippen LogP contribution in [0.3, 0.4) is 0 Å². The number of para-hydroxylation sites is 1. The molecule has 1 unspecified atom stereocenters. The van der Waals surface area contributed by atoms with Gasteiger partial charge in [-0.05, 0) is 31.5 Å². The number of furan rings is 1. The van der Waals surface area contributed by atoms with Gasteiger partial charge < -0.3 is 18.6 Å². The second-order valence-electron chi connectivity index (χ2n) is 7.32. The summed E-state index contributed by atoms with van der Waals surface area (Å²) >= 11 is 1.23. The summed E-state index contributed by atoms with van der Waals surface area (Å²) in [5, 5.41) is 0. The second-order valence-corrected chi connectivity index (χ2v) is 8.32. The molecule has 0 N–H and O–H groups in total. The molecule has 0 saturated carbocycles. The summed E-state index contributed by atoms with van der Waals surface area (Å²) in [6.07, 6.45) is 3.99. The van der Waals surface area contributed by atoms with Crippen LogP contribution < -0.4 is 24.4 Å². The van der Waals surface area contributed by atoms with Crippen LogP contribution in [0.2, 0.25) is 0 Å². The molecule has 0 aliphatic carbocycles. The van der Waals surface area contributed by atoms with Gasteiger partial charge in [0.25, 0.3) is 5.56 Å². The van der Waals surface area contributed by atoms with E-state index >= 15 is 0 Å². The minimum Gasteiger partial charge on any atom is -0.493 e. The number of benzene rings is 1. The largest absolute Gasteiger partial charge is 0.493 e. The molecule has 2 aromatic heterocycles. The van der Waals surface area contributed by atoms with Crippen molar-refractivity contribution in [3.8, 4) is 11.5 Å². The Labute approximate surface area is 194 Å². The predicted molar refractivity (Wildman–Crippen MR) is 123 cm³/mol.